The van der Waals surface area contributed by atoms with Crippen LogP contribution in [-0.4, -0.2) is 18.8 Å². The first-order valence-corrected chi connectivity index (χ1v) is 7.52. The van der Waals surface area contributed by atoms with Gasteiger partial charge in [0.25, 0.3) is 9.05 Å². The van der Waals surface area contributed by atoms with Gasteiger partial charge in [-0.2, -0.15) is 18.4 Å². The number of thioether (sulfide) groups is 1. The Kier molecular flexibility index (Phi) is 4.52. The monoisotopic (exact) mass is 346 g/mol. The summed E-state index contributed by atoms with van der Waals surface area (Å²) in [6.07, 6.45) is 0. The molecule has 0 heterocycles. The number of alkyl halides is 3. The molecule has 0 aromatic heterocycles. The minimum atomic E-state index is -4.83. The van der Waals surface area contributed by atoms with Crippen molar-refractivity contribution in [2.24, 2.45) is 0 Å². The molecule has 108 valence electrons. The second-order valence-corrected chi connectivity index (χ2v) is 6.78. The van der Waals surface area contributed by atoms with Gasteiger partial charge in [-0.1, -0.05) is 0 Å². The molecule has 20 heavy (non-hydrogen) atoms. The molecule has 1 aromatic rings. The third kappa shape index (κ3) is 3.75. The molecule has 0 aliphatic heterocycles. The fourth-order valence-electron chi connectivity index (χ4n) is 1.25. The van der Waals surface area contributed by atoms with Gasteiger partial charge >= 0.3 is 11.2 Å². The standard InChI is InChI=1S/C8H2ClF3N2O4S2/c9-20(17,18)6-2-1-5(19-8(10,11)12)7(14(15)16)4(6)3-13/h1-2H. The molecule has 0 aliphatic rings. The average molecular weight is 347 g/mol. The predicted octanol–water partition coefficient (Wildman–Crippen LogP) is 3.01. The van der Waals surface area contributed by atoms with Crippen molar-refractivity contribution < 1.29 is 26.5 Å². The number of nitro benzene ring substituents is 1. The molecule has 6 nitrogen and oxygen atoms in total. The maximum absolute atomic E-state index is 12.3. The lowest BCUT2D eigenvalue weighted by Crippen LogP contribution is -2.05. The maximum atomic E-state index is 12.3. The van der Waals surface area contributed by atoms with E-state index in [9.17, 15) is 31.7 Å². The quantitative estimate of drug-likeness (QED) is 0.361. The highest BCUT2D eigenvalue weighted by atomic mass is 35.7. The Hall–Kier alpha value is -1.51. The zero-order chi connectivity index (χ0) is 15.7. The van der Waals surface area contributed by atoms with Crippen LogP contribution in [0.4, 0.5) is 18.9 Å². The molecule has 0 radical (unpaired) electrons. The van der Waals surface area contributed by atoms with Crippen LogP contribution in [0.15, 0.2) is 21.9 Å². The van der Waals surface area contributed by atoms with E-state index in [0.717, 1.165) is 0 Å². The molecule has 0 fully saturated rings. The predicted molar refractivity (Wildman–Crippen MR) is 62.8 cm³/mol. The SMILES string of the molecule is N#Cc1c(S(=O)(=O)Cl)ccc(SC(F)(F)F)c1[N+](=O)[O-]. The van der Waals surface area contributed by atoms with Crippen LogP contribution in [-0.2, 0) is 9.05 Å². The van der Waals surface area contributed by atoms with Crippen LogP contribution in [0, 0.1) is 21.4 Å². The topological polar surface area (TPSA) is 101 Å². The Bertz CT molecular complexity index is 712. The van der Waals surface area contributed by atoms with E-state index in [0.29, 0.717) is 12.1 Å². The van der Waals surface area contributed by atoms with Crippen molar-refractivity contribution in [1.29, 1.82) is 5.26 Å². The number of halogens is 4. The first-order chi connectivity index (χ1) is 8.97. The van der Waals surface area contributed by atoms with E-state index in [4.69, 9.17) is 15.9 Å². The Morgan fingerprint density at radius 2 is 1.95 bits per heavy atom. The summed E-state index contributed by atoms with van der Waals surface area (Å²) in [5.74, 6) is 0. The zero-order valence-corrected chi connectivity index (χ0v) is 11.4. The lowest BCUT2D eigenvalue weighted by Gasteiger charge is -2.08. The van der Waals surface area contributed by atoms with Crippen molar-refractivity contribution in [3.8, 4) is 6.07 Å². The highest BCUT2D eigenvalue weighted by molar-refractivity contribution is 8.13. The van der Waals surface area contributed by atoms with Gasteiger partial charge in [0.1, 0.15) is 11.0 Å². The summed E-state index contributed by atoms with van der Waals surface area (Å²) < 4.78 is 59.1. The Morgan fingerprint density at radius 1 is 1.40 bits per heavy atom. The smallest absolute Gasteiger partial charge is 0.258 e. The van der Waals surface area contributed by atoms with Gasteiger partial charge in [-0.3, -0.25) is 10.1 Å². The van der Waals surface area contributed by atoms with Crippen molar-refractivity contribution in [3.05, 3.63) is 27.8 Å². The highest BCUT2D eigenvalue weighted by Crippen LogP contribution is 2.44. The fraction of sp³-hybridized carbons (Fsp3) is 0.125. The Morgan fingerprint density at radius 3 is 2.30 bits per heavy atom. The molecule has 0 saturated carbocycles. The number of rotatable bonds is 3. The first-order valence-electron chi connectivity index (χ1n) is 4.39. The van der Waals surface area contributed by atoms with E-state index in [1.54, 1.807) is 0 Å². The van der Waals surface area contributed by atoms with Crippen molar-refractivity contribution in [2.75, 3.05) is 0 Å². The van der Waals surface area contributed by atoms with Gasteiger partial charge < -0.3 is 0 Å². The molecule has 0 N–H and O–H groups in total. The van der Waals surface area contributed by atoms with Crippen LogP contribution in [0.3, 0.4) is 0 Å². The van der Waals surface area contributed by atoms with Gasteiger partial charge in [0.05, 0.1) is 9.82 Å². The summed E-state index contributed by atoms with van der Waals surface area (Å²) in [5.41, 5.74) is -7.13. The summed E-state index contributed by atoms with van der Waals surface area (Å²) >= 11 is -0.826. The van der Waals surface area contributed by atoms with Crippen molar-refractivity contribution in [1.82, 2.24) is 0 Å². The molecular weight excluding hydrogens is 345 g/mol. The third-order valence-electron chi connectivity index (χ3n) is 1.89. The summed E-state index contributed by atoms with van der Waals surface area (Å²) in [4.78, 5) is 7.72. The van der Waals surface area contributed by atoms with E-state index in [-0.39, 0.29) is 0 Å². The third-order valence-corrected chi connectivity index (χ3v) is 4.03. The van der Waals surface area contributed by atoms with Crippen LogP contribution in [0.25, 0.3) is 0 Å². The van der Waals surface area contributed by atoms with E-state index in [1.165, 1.54) is 6.07 Å². The van der Waals surface area contributed by atoms with E-state index in [2.05, 4.69) is 0 Å². The molecule has 12 heteroatoms. The van der Waals surface area contributed by atoms with E-state index < -0.39 is 52.3 Å². The number of nitro groups is 1. The van der Waals surface area contributed by atoms with Crippen LogP contribution >= 0.6 is 22.4 Å². The molecule has 1 rings (SSSR count). The van der Waals surface area contributed by atoms with Gasteiger partial charge in [0.2, 0.25) is 0 Å². The molecule has 0 atom stereocenters. The van der Waals surface area contributed by atoms with E-state index >= 15 is 0 Å². The van der Waals surface area contributed by atoms with E-state index in [1.807, 2.05) is 0 Å². The fourth-order valence-corrected chi connectivity index (χ4v) is 2.91. The van der Waals surface area contributed by atoms with Crippen LogP contribution in [0.1, 0.15) is 5.56 Å². The van der Waals surface area contributed by atoms with Crippen molar-refractivity contribution in [2.45, 2.75) is 15.3 Å². The summed E-state index contributed by atoms with van der Waals surface area (Å²) in [7, 11) is 0.467. The van der Waals surface area contributed by atoms with Crippen LogP contribution < -0.4 is 0 Å². The number of nitriles is 1. The maximum Gasteiger partial charge on any atom is 0.446 e. The number of hydrogen-bond acceptors (Lipinski definition) is 6. The first kappa shape index (κ1) is 16.5. The zero-order valence-electron chi connectivity index (χ0n) is 9.01. The minimum absolute atomic E-state index is 0.576. The molecule has 0 spiro atoms. The largest absolute Gasteiger partial charge is 0.446 e. The highest BCUT2D eigenvalue weighted by Gasteiger charge is 2.36. The minimum Gasteiger partial charge on any atom is -0.258 e. The summed E-state index contributed by atoms with van der Waals surface area (Å²) in [6, 6.07) is 2.38. The Balaban J connectivity index is 3.69. The van der Waals surface area contributed by atoms with Gasteiger partial charge in [0, 0.05) is 10.7 Å². The van der Waals surface area contributed by atoms with Crippen LogP contribution in [0.5, 0.6) is 0 Å². The lowest BCUT2D eigenvalue weighted by atomic mass is 10.2. The van der Waals surface area contributed by atoms with Crippen molar-refractivity contribution >= 4 is 37.2 Å². The average Bonchev–Trinajstić information content (AvgIpc) is 2.23. The number of benzene rings is 1. The molecule has 1 aromatic carbocycles. The van der Waals surface area contributed by atoms with Gasteiger partial charge in [-0.15, -0.1) is 0 Å². The molecule has 0 saturated heterocycles. The number of hydrogen-bond donors (Lipinski definition) is 0. The van der Waals surface area contributed by atoms with Gasteiger partial charge in [-0.05, 0) is 23.9 Å². The molecule has 0 unspecified atom stereocenters. The second kappa shape index (κ2) is 5.47. The van der Waals surface area contributed by atoms with Gasteiger partial charge in [-0.25, -0.2) is 8.42 Å². The van der Waals surface area contributed by atoms with Crippen LogP contribution in [0.2, 0.25) is 0 Å². The second-order valence-electron chi connectivity index (χ2n) is 3.14. The molecule has 0 aliphatic carbocycles. The Labute approximate surface area is 118 Å². The summed E-state index contributed by atoms with van der Waals surface area (Å²) in [6.45, 7) is 0. The molecular formula is C8H2ClF3N2O4S2. The molecule has 0 bridgehead atoms. The lowest BCUT2D eigenvalue weighted by molar-refractivity contribution is -0.388. The van der Waals surface area contributed by atoms with Gasteiger partial charge in [0.15, 0.2) is 5.56 Å². The van der Waals surface area contributed by atoms with Crippen molar-refractivity contribution in [3.63, 3.8) is 0 Å². The normalized spacial score (nSPS) is 11.9. The molecule has 0 amide bonds. The number of nitrogens with zero attached hydrogens (tertiary/aromatic N) is 2. The summed E-state index contributed by atoms with van der Waals surface area (Å²) in [5, 5.41) is 19.6.